The number of aryl methyl sites for hydroxylation is 1. The van der Waals surface area contributed by atoms with Crippen LogP contribution >= 0.6 is 23.4 Å². The van der Waals surface area contributed by atoms with Crippen LogP contribution in [-0.4, -0.2) is 20.8 Å². The molecule has 0 aliphatic carbocycles. The van der Waals surface area contributed by atoms with Crippen molar-refractivity contribution >= 4 is 23.4 Å². The molecule has 0 fully saturated rings. The molecule has 2 N–H and O–H groups in total. The maximum atomic E-state index is 6.32. The largest absolute Gasteiger partial charge is 0.326 e. The van der Waals surface area contributed by atoms with Gasteiger partial charge in [-0.05, 0) is 25.0 Å². The number of aromatic nitrogens is 3. The molecule has 6 heteroatoms. The minimum atomic E-state index is 0.0110. The van der Waals surface area contributed by atoms with E-state index in [2.05, 4.69) is 17.1 Å². The van der Waals surface area contributed by atoms with Crippen LogP contribution < -0.4 is 5.73 Å². The average molecular weight is 311 g/mol. The van der Waals surface area contributed by atoms with Gasteiger partial charge in [-0.15, -0.1) is 10.2 Å². The first-order valence-electron chi connectivity index (χ1n) is 6.57. The highest BCUT2D eigenvalue weighted by Crippen LogP contribution is 2.40. The summed E-state index contributed by atoms with van der Waals surface area (Å²) in [5, 5.41) is 9.96. The van der Waals surface area contributed by atoms with Crippen molar-refractivity contribution in [2.75, 3.05) is 0 Å². The van der Waals surface area contributed by atoms with Crippen LogP contribution in [0.2, 0.25) is 5.02 Å². The van der Waals surface area contributed by atoms with E-state index in [0.717, 1.165) is 28.0 Å². The van der Waals surface area contributed by atoms with Crippen molar-refractivity contribution in [1.82, 2.24) is 14.8 Å². The lowest BCUT2D eigenvalue weighted by Gasteiger charge is -2.23. The molecule has 0 spiro atoms. The quantitative estimate of drug-likeness (QED) is 0.860. The number of halogens is 1. The summed E-state index contributed by atoms with van der Waals surface area (Å²) in [6.07, 6.45) is 0.875. The van der Waals surface area contributed by atoms with E-state index in [-0.39, 0.29) is 11.3 Å². The van der Waals surface area contributed by atoms with E-state index < -0.39 is 0 Å². The summed E-state index contributed by atoms with van der Waals surface area (Å²) in [5.74, 6) is 0.885. The predicted molar refractivity (Wildman–Crippen MR) is 84.1 cm³/mol. The number of nitrogens with zero attached hydrogens (tertiary/aromatic N) is 3. The van der Waals surface area contributed by atoms with E-state index in [9.17, 15) is 0 Å². The zero-order valence-corrected chi connectivity index (χ0v) is 13.4. The van der Waals surface area contributed by atoms with Crippen molar-refractivity contribution in [3.8, 4) is 0 Å². The normalized spacial score (nSPS) is 14.2. The van der Waals surface area contributed by atoms with E-state index in [1.165, 1.54) is 0 Å². The monoisotopic (exact) mass is 310 g/mol. The molecule has 0 saturated heterocycles. The van der Waals surface area contributed by atoms with Crippen LogP contribution in [0.1, 0.15) is 30.0 Å². The molecule has 0 amide bonds. The molecule has 1 aromatic carbocycles. The first-order chi connectivity index (χ1) is 9.54. The maximum absolute atomic E-state index is 6.32. The molecule has 2 aromatic rings. The second-order valence-corrected chi connectivity index (χ2v) is 6.24. The minimum absolute atomic E-state index is 0.0110. The fourth-order valence-electron chi connectivity index (χ4n) is 1.91. The first-order valence-corrected chi connectivity index (χ1v) is 7.83. The summed E-state index contributed by atoms with van der Waals surface area (Å²) in [7, 11) is 1.96. The van der Waals surface area contributed by atoms with Crippen LogP contribution in [0.25, 0.3) is 0 Å². The summed E-state index contributed by atoms with van der Waals surface area (Å²) >= 11 is 7.94. The maximum Gasteiger partial charge on any atom is 0.191 e. The molecule has 0 aliphatic rings. The predicted octanol–water partition coefficient (Wildman–Crippen LogP) is 3.35. The second kappa shape index (κ2) is 6.61. The molecular formula is C14H19ClN4S. The van der Waals surface area contributed by atoms with Gasteiger partial charge in [0.25, 0.3) is 0 Å². The van der Waals surface area contributed by atoms with Gasteiger partial charge in [0.15, 0.2) is 5.16 Å². The molecule has 0 aliphatic heterocycles. The Bertz CT molecular complexity index is 584. The van der Waals surface area contributed by atoms with Crippen molar-refractivity contribution in [2.24, 2.45) is 12.8 Å². The van der Waals surface area contributed by atoms with Gasteiger partial charge in [-0.1, -0.05) is 48.5 Å². The number of nitrogens with two attached hydrogens (primary N) is 1. The molecule has 0 radical (unpaired) electrons. The number of benzene rings is 1. The van der Waals surface area contributed by atoms with Gasteiger partial charge in [0.2, 0.25) is 0 Å². The van der Waals surface area contributed by atoms with E-state index in [1.807, 2.05) is 42.8 Å². The van der Waals surface area contributed by atoms with Gasteiger partial charge in [-0.2, -0.15) is 0 Å². The molecule has 0 saturated carbocycles. The van der Waals surface area contributed by atoms with Gasteiger partial charge in [-0.25, -0.2) is 0 Å². The van der Waals surface area contributed by atoms with Crippen LogP contribution in [0.5, 0.6) is 0 Å². The van der Waals surface area contributed by atoms with Gasteiger partial charge in [0.05, 0.1) is 5.25 Å². The fraction of sp³-hybridized carbons (Fsp3) is 0.429. The third-order valence-corrected chi connectivity index (χ3v) is 5.12. The first kappa shape index (κ1) is 15.4. The van der Waals surface area contributed by atoms with E-state index >= 15 is 0 Å². The number of thioether (sulfide) groups is 1. The highest BCUT2D eigenvalue weighted by atomic mass is 35.5. The number of rotatable bonds is 5. The van der Waals surface area contributed by atoms with Gasteiger partial charge < -0.3 is 10.3 Å². The molecule has 0 bridgehead atoms. The van der Waals surface area contributed by atoms with Crippen molar-refractivity contribution in [3.63, 3.8) is 0 Å². The molecule has 2 unspecified atom stereocenters. The average Bonchev–Trinajstić information content (AvgIpc) is 2.76. The van der Waals surface area contributed by atoms with Crippen molar-refractivity contribution < 1.29 is 0 Å². The van der Waals surface area contributed by atoms with Crippen molar-refractivity contribution in [2.45, 2.75) is 36.7 Å². The number of hydrogen-bond acceptors (Lipinski definition) is 4. The lowest BCUT2D eigenvalue weighted by atomic mass is 10.0. The zero-order valence-electron chi connectivity index (χ0n) is 11.9. The third kappa shape index (κ3) is 3.16. The highest BCUT2D eigenvalue weighted by Gasteiger charge is 2.24. The summed E-state index contributed by atoms with van der Waals surface area (Å²) in [5.41, 5.74) is 7.34. The lowest BCUT2D eigenvalue weighted by molar-refractivity contribution is 0.630. The standard InChI is InChI=1S/C14H19ClN4S/c1-4-12(16)13(10-7-5-6-8-11(10)15)20-14-18-17-9(2)19(14)3/h5-8,12-13H,4,16H2,1-3H3. The van der Waals surface area contributed by atoms with Crippen LogP contribution in [0, 0.1) is 6.92 Å². The molecule has 2 atom stereocenters. The summed E-state index contributed by atoms with van der Waals surface area (Å²) < 4.78 is 1.97. The smallest absolute Gasteiger partial charge is 0.191 e. The molecule has 2 rings (SSSR count). The third-order valence-electron chi connectivity index (χ3n) is 3.36. The molecule has 4 nitrogen and oxygen atoms in total. The molecular weight excluding hydrogens is 292 g/mol. The van der Waals surface area contributed by atoms with Gasteiger partial charge in [-0.3, -0.25) is 0 Å². The fourth-order valence-corrected chi connectivity index (χ4v) is 3.53. The molecule has 108 valence electrons. The number of hydrogen-bond donors (Lipinski definition) is 1. The van der Waals surface area contributed by atoms with Crippen LogP contribution in [-0.2, 0) is 7.05 Å². The highest BCUT2D eigenvalue weighted by molar-refractivity contribution is 7.99. The van der Waals surface area contributed by atoms with E-state index in [1.54, 1.807) is 11.8 Å². The molecule has 1 aromatic heterocycles. The minimum Gasteiger partial charge on any atom is -0.326 e. The van der Waals surface area contributed by atoms with E-state index in [0.29, 0.717) is 0 Å². The summed E-state index contributed by atoms with van der Waals surface area (Å²) in [6, 6.07) is 7.85. The Morgan fingerprint density at radius 3 is 2.60 bits per heavy atom. The van der Waals surface area contributed by atoms with Gasteiger partial charge in [0.1, 0.15) is 5.82 Å². The van der Waals surface area contributed by atoms with Crippen LogP contribution in [0.3, 0.4) is 0 Å². The Kier molecular flexibility index (Phi) is 5.07. The Balaban J connectivity index is 2.34. The topological polar surface area (TPSA) is 56.7 Å². The van der Waals surface area contributed by atoms with Crippen LogP contribution in [0.15, 0.2) is 29.4 Å². The van der Waals surface area contributed by atoms with Crippen molar-refractivity contribution in [1.29, 1.82) is 0 Å². The summed E-state index contributed by atoms with van der Waals surface area (Å²) in [6.45, 7) is 4.01. The Morgan fingerprint density at radius 1 is 1.35 bits per heavy atom. The Labute approximate surface area is 128 Å². The van der Waals surface area contributed by atoms with E-state index in [4.69, 9.17) is 17.3 Å². The second-order valence-electron chi connectivity index (χ2n) is 4.72. The lowest BCUT2D eigenvalue weighted by Crippen LogP contribution is -2.26. The SMILES string of the molecule is CCC(N)C(Sc1nnc(C)n1C)c1ccccc1Cl. The van der Waals surface area contributed by atoms with Crippen molar-refractivity contribution in [3.05, 3.63) is 40.7 Å². The van der Waals surface area contributed by atoms with Gasteiger partial charge in [0, 0.05) is 18.1 Å². The van der Waals surface area contributed by atoms with Crippen LogP contribution in [0.4, 0.5) is 0 Å². The van der Waals surface area contributed by atoms with Gasteiger partial charge >= 0.3 is 0 Å². The molecule has 20 heavy (non-hydrogen) atoms. The zero-order chi connectivity index (χ0) is 14.7. The Morgan fingerprint density at radius 2 is 2.05 bits per heavy atom. The summed E-state index contributed by atoms with van der Waals surface area (Å²) in [4.78, 5) is 0. The Hall–Kier alpha value is -1.04. The molecule has 1 heterocycles.